The summed E-state index contributed by atoms with van der Waals surface area (Å²) < 4.78 is 5.20. The Morgan fingerprint density at radius 2 is 2.07 bits per heavy atom. The van der Waals surface area contributed by atoms with Crippen LogP contribution in [0, 0.1) is 12.8 Å². The first-order chi connectivity index (χ1) is 13.5. The molecular weight excluding hydrogens is 374 g/mol. The van der Waals surface area contributed by atoms with Crippen LogP contribution >= 0.6 is 11.6 Å². The number of amides is 1. The van der Waals surface area contributed by atoms with Crippen LogP contribution in [0.3, 0.4) is 0 Å². The van der Waals surface area contributed by atoms with Gasteiger partial charge in [0.15, 0.2) is 5.82 Å². The van der Waals surface area contributed by atoms with Crippen molar-refractivity contribution in [2.45, 2.75) is 25.7 Å². The third-order valence-electron chi connectivity index (χ3n) is 5.23. The van der Waals surface area contributed by atoms with Crippen molar-refractivity contribution in [3.05, 3.63) is 64.8 Å². The van der Waals surface area contributed by atoms with Gasteiger partial charge in [0.05, 0.1) is 7.11 Å². The maximum Gasteiger partial charge on any atom is 0.225 e. The van der Waals surface area contributed by atoms with Crippen molar-refractivity contribution in [2.75, 3.05) is 12.4 Å². The van der Waals surface area contributed by atoms with Crippen LogP contribution in [0.4, 0.5) is 5.82 Å². The van der Waals surface area contributed by atoms with E-state index in [1.807, 2.05) is 43.3 Å². The fraction of sp³-hybridized carbons (Fsp3) is 0.273. The summed E-state index contributed by atoms with van der Waals surface area (Å²) in [7, 11) is 1.66. The second kappa shape index (κ2) is 7.68. The number of anilines is 1. The number of aromatic amines is 1. The molecule has 28 heavy (non-hydrogen) atoms. The van der Waals surface area contributed by atoms with Gasteiger partial charge in [0.2, 0.25) is 5.91 Å². The predicted molar refractivity (Wildman–Crippen MR) is 111 cm³/mol. The van der Waals surface area contributed by atoms with Gasteiger partial charge < -0.3 is 10.1 Å². The lowest BCUT2D eigenvalue weighted by Gasteiger charge is -2.07. The maximum absolute atomic E-state index is 12.6. The molecule has 1 aromatic heterocycles. The van der Waals surface area contributed by atoms with Gasteiger partial charge in [-0.05, 0) is 60.6 Å². The van der Waals surface area contributed by atoms with Gasteiger partial charge in [-0.15, -0.1) is 0 Å². The molecule has 1 aliphatic carbocycles. The van der Waals surface area contributed by atoms with Crippen molar-refractivity contribution in [3.63, 3.8) is 0 Å². The molecule has 1 aliphatic rings. The second-order valence-corrected chi connectivity index (χ2v) is 7.65. The highest BCUT2D eigenvalue weighted by Gasteiger charge is 2.39. The Labute approximate surface area is 169 Å². The van der Waals surface area contributed by atoms with Gasteiger partial charge in [-0.3, -0.25) is 9.89 Å². The number of ether oxygens (including phenoxy) is 1. The molecule has 2 atom stereocenters. The van der Waals surface area contributed by atoms with Crippen LogP contribution in [0.5, 0.6) is 5.75 Å². The number of hydrogen-bond acceptors (Lipinski definition) is 3. The van der Waals surface area contributed by atoms with E-state index in [2.05, 4.69) is 27.6 Å². The Morgan fingerprint density at radius 3 is 2.79 bits per heavy atom. The van der Waals surface area contributed by atoms with Crippen LogP contribution < -0.4 is 10.1 Å². The van der Waals surface area contributed by atoms with Crippen LogP contribution in [-0.2, 0) is 4.79 Å². The summed E-state index contributed by atoms with van der Waals surface area (Å²) in [6.07, 6.45) is 1.51. The molecule has 2 aromatic carbocycles. The highest BCUT2D eigenvalue weighted by Crippen LogP contribution is 2.49. The molecule has 4 rings (SSSR count). The number of halogens is 1. The Kier molecular flexibility index (Phi) is 5.09. The van der Waals surface area contributed by atoms with Crippen molar-refractivity contribution in [2.24, 2.45) is 5.92 Å². The lowest BCUT2D eigenvalue weighted by molar-refractivity contribution is -0.116. The molecule has 5 nitrogen and oxygen atoms in total. The summed E-state index contributed by atoms with van der Waals surface area (Å²) in [4.78, 5) is 12.6. The molecule has 0 aliphatic heterocycles. The summed E-state index contributed by atoms with van der Waals surface area (Å²) >= 11 is 6.12. The molecular formula is C22H22ClN3O2. The largest absolute Gasteiger partial charge is 0.497 e. The van der Waals surface area contributed by atoms with Crippen molar-refractivity contribution < 1.29 is 9.53 Å². The minimum Gasteiger partial charge on any atom is -0.497 e. The molecule has 0 radical (unpaired) electrons. The van der Waals surface area contributed by atoms with E-state index in [1.54, 1.807) is 7.11 Å². The third-order valence-corrected chi connectivity index (χ3v) is 5.47. The van der Waals surface area contributed by atoms with Gasteiger partial charge in [-0.1, -0.05) is 35.9 Å². The van der Waals surface area contributed by atoms with Gasteiger partial charge in [-0.2, -0.15) is 5.10 Å². The number of H-pyrrole nitrogens is 1. The van der Waals surface area contributed by atoms with Gasteiger partial charge >= 0.3 is 0 Å². The Bertz CT molecular complexity index is 997. The predicted octanol–water partition coefficient (Wildman–Crippen LogP) is 5.18. The highest BCUT2D eigenvalue weighted by atomic mass is 35.5. The SMILES string of the molecule is COc1ccc([C@@H]2C[C@H]2CC(=O)Nc2n[nH]c(C)c2-c2cccc(Cl)c2)cc1. The van der Waals surface area contributed by atoms with Crippen LogP contribution in [0.25, 0.3) is 11.1 Å². The zero-order chi connectivity index (χ0) is 19.7. The van der Waals surface area contributed by atoms with E-state index < -0.39 is 0 Å². The molecule has 1 saturated carbocycles. The van der Waals surface area contributed by atoms with Crippen LogP contribution in [0.2, 0.25) is 5.02 Å². The molecule has 1 amide bonds. The molecule has 0 bridgehead atoms. The molecule has 1 heterocycles. The average molecular weight is 396 g/mol. The number of aryl methyl sites for hydroxylation is 1. The summed E-state index contributed by atoms with van der Waals surface area (Å²) in [6.45, 7) is 1.93. The molecule has 0 spiro atoms. The maximum atomic E-state index is 12.6. The molecule has 144 valence electrons. The van der Waals surface area contributed by atoms with Gasteiger partial charge in [0.25, 0.3) is 0 Å². The van der Waals surface area contributed by atoms with E-state index >= 15 is 0 Å². The van der Waals surface area contributed by atoms with Crippen LogP contribution in [-0.4, -0.2) is 23.2 Å². The third kappa shape index (κ3) is 3.90. The van der Waals surface area contributed by atoms with Crippen LogP contribution in [0.1, 0.15) is 30.0 Å². The van der Waals surface area contributed by atoms with E-state index in [9.17, 15) is 4.79 Å². The summed E-state index contributed by atoms with van der Waals surface area (Å²) in [5, 5.41) is 10.8. The van der Waals surface area contributed by atoms with Crippen molar-refractivity contribution in [1.29, 1.82) is 0 Å². The summed E-state index contributed by atoms with van der Waals surface area (Å²) in [5.74, 6) is 2.18. The minimum absolute atomic E-state index is 0.0178. The normalized spacial score (nSPS) is 18.0. The van der Waals surface area contributed by atoms with E-state index in [0.717, 1.165) is 29.0 Å². The minimum atomic E-state index is -0.0178. The van der Waals surface area contributed by atoms with Crippen molar-refractivity contribution in [1.82, 2.24) is 10.2 Å². The number of nitrogens with zero attached hydrogens (tertiary/aromatic N) is 1. The first-order valence-corrected chi connectivity index (χ1v) is 9.67. The van der Waals surface area contributed by atoms with Gasteiger partial charge in [0, 0.05) is 22.7 Å². The molecule has 2 N–H and O–H groups in total. The number of aromatic nitrogens is 2. The molecule has 1 fully saturated rings. The fourth-order valence-corrected chi connectivity index (χ4v) is 3.86. The zero-order valence-electron chi connectivity index (χ0n) is 15.8. The number of rotatable bonds is 6. The summed E-state index contributed by atoms with van der Waals surface area (Å²) in [6, 6.07) is 15.6. The van der Waals surface area contributed by atoms with Crippen molar-refractivity contribution >= 4 is 23.3 Å². The molecule has 0 unspecified atom stereocenters. The summed E-state index contributed by atoms with van der Waals surface area (Å²) in [5.41, 5.74) is 3.95. The first-order valence-electron chi connectivity index (χ1n) is 9.30. The Hall–Kier alpha value is -2.79. The second-order valence-electron chi connectivity index (χ2n) is 7.21. The monoisotopic (exact) mass is 395 g/mol. The van der Waals surface area contributed by atoms with E-state index in [0.29, 0.717) is 29.1 Å². The number of carbonyl (C=O) groups is 1. The quantitative estimate of drug-likeness (QED) is 0.604. The van der Waals surface area contributed by atoms with Gasteiger partial charge in [0.1, 0.15) is 5.75 Å². The van der Waals surface area contributed by atoms with E-state index in [-0.39, 0.29) is 5.91 Å². The number of nitrogens with one attached hydrogen (secondary N) is 2. The van der Waals surface area contributed by atoms with Crippen LogP contribution in [0.15, 0.2) is 48.5 Å². The standard InChI is InChI=1S/C22H22ClN3O2/c1-13-21(15-4-3-5-17(23)10-15)22(26-25-13)24-20(27)12-16-11-19(16)14-6-8-18(28-2)9-7-14/h3-10,16,19H,11-12H2,1-2H3,(H2,24,25,26,27)/t16-,19-/m0/s1. The Balaban J connectivity index is 1.41. The van der Waals surface area contributed by atoms with Crippen molar-refractivity contribution in [3.8, 4) is 16.9 Å². The van der Waals surface area contributed by atoms with E-state index in [4.69, 9.17) is 16.3 Å². The molecule has 0 saturated heterocycles. The van der Waals surface area contributed by atoms with Gasteiger partial charge in [-0.25, -0.2) is 0 Å². The lowest BCUT2D eigenvalue weighted by atomic mass is 10.1. The average Bonchev–Trinajstić information content (AvgIpc) is 3.35. The first kappa shape index (κ1) is 18.6. The highest BCUT2D eigenvalue weighted by molar-refractivity contribution is 6.30. The topological polar surface area (TPSA) is 67.0 Å². The number of hydrogen-bond donors (Lipinski definition) is 2. The zero-order valence-corrected chi connectivity index (χ0v) is 16.6. The lowest BCUT2D eigenvalue weighted by Crippen LogP contribution is -2.13. The molecule has 3 aromatic rings. The fourth-order valence-electron chi connectivity index (χ4n) is 3.67. The molecule has 6 heteroatoms. The van der Waals surface area contributed by atoms with E-state index in [1.165, 1.54) is 5.56 Å². The number of benzene rings is 2. The number of carbonyl (C=O) groups excluding carboxylic acids is 1. The Morgan fingerprint density at radius 1 is 1.29 bits per heavy atom. The smallest absolute Gasteiger partial charge is 0.225 e. The number of methoxy groups -OCH3 is 1.